The fourth-order valence-corrected chi connectivity index (χ4v) is 1.62. The third kappa shape index (κ3) is 3.92. The molecule has 0 saturated heterocycles. The highest BCUT2D eigenvalue weighted by molar-refractivity contribution is 5.70. The van der Waals surface area contributed by atoms with Crippen LogP contribution in [0.15, 0.2) is 18.2 Å². The summed E-state index contributed by atoms with van der Waals surface area (Å²) in [6.07, 6.45) is 0.744. The van der Waals surface area contributed by atoms with Gasteiger partial charge in [-0.3, -0.25) is 4.79 Å². The fourth-order valence-electron chi connectivity index (χ4n) is 1.62. The molecule has 0 bridgehead atoms. The van der Waals surface area contributed by atoms with Gasteiger partial charge in [0.25, 0.3) is 0 Å². The van der Waals surface area contributed by atoms with E-state index < -0.39 is 0 Å². The Bertz CT molecular complexity index is 389. The minimum absolute atomic E-state index is 0.0358. The second-order valence-corrected chi connectivity index (χ2v) is 3.60. The highest BCUT2D eigenvalue weighted by atomic mass is 16.5. The summed E-state index contributed by atoms with van der Waals surface area (Å²) in [5.41, 5.74) is 0.887. The number of carbonyl (C=O) groups is 1. The van der Waals surface area contributed by atoms with Gasteiger partial charge >= 0.3 is 5.97 Å². The van der Waals surface area contributed by atoms with E-state index in [1.165, 1.54) is 0 Å². The minimum Gasteiger partial charge on any atom is -0.493 e. The molecule has 18 heavy (non-hydrogen) atoms. The van der Waals surface area contributed by atoms with Crippen molar-refractivity contribution in [1.82, 2.24) is 0 Å². The first-order chi connectivity index (χ1) is 8.72. The van der Waals surface area contributed by atoms with Crippen LogP contribution in [0.4, 0.5) is 0 Å². The third-order valence-electron chi connectivity index (χ3n) is 2.44. The van der Waals surface area contributed by atoms with E-state index in [-0.39, 0.29) is 25.6 Å². The number of hydrogen-bond acceptors (Lipinski definition) is 5. The van der Waals surface area contributed by atoms with Crippen LogP contribution >= 0.6 is 0 Å². The molecular formula is C13H18O5. The zero-order valence-electron chi connectivity index (χ0n) is 10.6. The third-order valence-corrected chi connectivity index (χ3v) is 2.44. The summed E-state index contributed by atoms with van der Waals surface area (Å²) in [6.45, 7) is -0.123. The maximum absolute atomic E-state index is 11.3. The fraction of sp³-hybridized carbons (Fsp3) is 0.462. The highest BCUT2D eigenvalue weighted by Crippen LogP contribution is 2.31. The van der Waals surface area contributed by atoms with Gasteiger partial charge in [-0.1, -0.05) is 12.1 Å². The summed E-state index contributed by atoms with van der Waals surface area (Å²) in [4.78, 5) is 11.3. The Morgan fingerprint density at radius 3 is 2.67 bits per heavy atom. The van der Waals surface area contributed by atoms with Crippen molar-refractivity contribution in [2.24, 2.45) is 0 Å². The monoisotopic (exact) mass is 254 g/mol. The SMILES string of the molecule is COc1cccc(CCC(=O)OCCO)c1OC. The van der Waals surface area contributed by atoms with E-state index in [9.17, 15) is 4.79 Å². The first-order valence-electron chi connectivity index (χ1n) is 5.69. The molecule has 0 aliphatic carbocycles. The van der Waals surface area contributed by atoms with Crippen molar-refractivity contribution >= 4 is 5.97 Å². The summed E-state index contributed by atoms with van der Waals surface area (Å²) in [6, 6.07) is 5.52. The number of aryl methyl sites for hydroxylation is 1. The van der Waals surface area contributed by atoms with Crippen LogP contribution in [0.5, 0.6) is 11.5 Å². The Kier molecular flexibility index (Phi) is 6.00. The summed E-state index contributed by atoms with van der Waals surface area (Å²) >= 11 is 0. The lowest BCUT2D eigenvalue weighted by molar-refractivity contribution is -0.144. The van der Waals surface area contributed by atoms with Crippen molar-refractivity contribution < 1.29 is 24.1 Å². The molecule has 0 amide bonds. The van der Waals surface area contributed by atoms with Crippen molar-refractivity contribution in [2.75, 3.05) is 27.4 Å². The Labute approximate surface area is 106 Å². The average molecular weight is 254 g/mol. The molecular weight excluding hydrogens is 236 g/mol. The molecule has 0 radical (unpaired) electrons. The van der Waals surface area contributed by atoms with Gasteiger partial charge in [-0.15, -0.1) is 0 Å². The van der Waals surface area contributed by atoms with Gasteiger partial charge in [-0.2, -0.15) is 0 Å². The molecule has 5 nitrogen and oxygen atoms in total. The predicted octanol–water partition coefficient (Wildman–Crippen LogP) is 1.17. The molecule has 1 aromatic rings. The van der Waals surface area contributed by atoms with Gasteiger partial charge in [0.2, 0.25) is 0 Å². The maximum Gasteiger partial charge on any atom is 0.306 e. The van der Waals surface area contributed by atoms with Crippen LogP contribution in [-0.4, -0.2) is 38.5 Å². The Morgan fingerprint density at radius 1 is 1.28 bits per heavy atom. The minimum atomic E-state index is -0.339. The van der Waals surface area contributed by atoms with Gasteiger partial charge in [-0.25, -0.2) is 0 Å². The number of aliphatic hydroxyl groups is 1. The zero-order valence-corrected chi connectivity index (χ0v) is 10.6. The number of hydrogen-bond donors (Lipinski definition) is 1. The molecule has 1 rings (SSSR count). The molecule has 0 atom stereocenters. The van der Waals surface area contributed by atoms with E-state index in [2.05, 4.69) is 0 Å². The van der Waals surface area contributed by atoms with E-state index in [1.807, 2.05) is 12.1 Å². The van der Waals surface area contributed by atoms with Gasteiger partial charge in [0.05, 0.1) is 20.8 Å². The van der Waals surface area contributed by atoms with Crippen LogP contribution in [0.3, 0.4) is 0 Å². The number of esters is 1. The van der Waals surface area contributed by atoms with Gasteiger partial charge in [0.15, 0.2) is 11.5 Å². The predicted molar refractivity (Wildman–Crippen MR) is 65.9 cm³/mol. The van der Waals surface area contributed by atoms with Crippen LogP contribution in [0.25, 0.3) is 0 Å². The number of carbonyl (C=O) groups excluding carboxylic acids is 1. The number of aliphatic hydroxyl groups excluding tert-OH is 1. The number of ether oxygens (including phenoxy) is 3. The quantitative estimate of drug-likeness (QED) is 0.740. The molecule has 100 valence electrons. The van der Waals surface area contributed by atoms with Gasteiger partial charge in [0, 0.05) is 6.42 Å². The molecule has 0 heterocycles. The second kappa shape index (κ2) is 7.55. The second-order valence-electron chi connectivity index (χ2n) is 3.60. The van der Waals surface area contributed by atoms with E-state index in [0.29, 0.717) is 17.9 Å². The Balaban J connectivity index is 2.64. The largest absolute Gasteiger partial charge is 0.493 e. The van der Waals surface area contributed by atoms with Gasteiger partial charge in [0.1, 0.15) is 6.61 Å². The summed E-state index contributed by atoms with van der Waals surface area (Å²) in [5.74, 6) is 0.933. The van der Waals surface area contributed by atoms with Crippen LogP contribution in [-0.2, 0) is 16.0 Å². The lowest BCUT2D eigenvalue weighted by Crippen LogP contribution is -2.09. The molecule has 0 fully saturated rings. The van der Waals surface area contributed by atoms with Crippen molar-refractivity contribution in [3.05, 3.63) is 23.8 Å². The van der Waals surface area contributed by atoms with Crippen molar-refractivity contribution in [2.45, 2.75) is 12.8 Å². The lowest BCUT2D eigenvalue weighted by Gasteiger charge is -2.12. The first-order valence-corrected chi connectivity index (χ1v) is 5.69. The standard InChI is InChI=1S/C13H18O5/c1-16-11-5-3-4-10(13(11)17-2)6-7-12(15)18-9-8-14/h3-5,14H,6-9H2,1-2H3. The Hall–Kier alpha value is -1.75. The molecule has 0 aromatic heterocycles. The molecule has 0 aliphatic heterocycles. The van der Waals surface area contributed by atoms with E-state index in [1.54, 1.807) is 20.3 Å². The molecule has 0 aliphatic rings. The maximum atomic E-state index is 11.3. The average Bonchev–Trinajstić information content (AvgIpc) is 2.41. The molecule has 1 aromatic carbocycles. The smallest absolute Gasteiger partial charge is 0.306 e. The molecule has 0 saturated carbocycles. The molecule has 1 N–H and O–H groups in total. The lowest BCUT2D eigenvalue weighted by atomic mass is 10.1. The van der Waals surface area contributed by atoms with Crippen molar-refractivity contribution in [3.8, 4) is 11.5 Å². The van der Waals surface area contributed by atoms with Crippen LogP contribution in [0, 0.1) is 0 Å². The number of benzene rings is 1. The molecule has 0 spiro atoms. The summed E-state index contributed by atoms with van der Waals surface area (Å²) in [5, 5.41) is 8.54. The number of rotatable bonds is 7. The van der Waals surface area contributed by atoms with Crippen molar-refractivity contribution in [1.29, 1.82) is 0 Å². The van der Waals surface area contributed by atoms with Gasteiger partial charge < -0.3 is 19.3 Å². The summed E-state index contributed by atoms with van der Waals surface area (Å²) in [7, 11) is 3.13. The topological polar surface area (TPSA) is 65.0 Å². The molecule has 5 heteroatoms. The van der Waals surface area contributed by atoms with Crippen molar-refractivity contribution in [3.63, 3.8) is 0 Å². The van der Waals surface area contributed by atoms with Gasteiger partial charge in [-0.05, 0) is 18.1 Å². The van der Waals surface area contributed by atoms with E-state index in [0.717, 1.165) is 5.56 Å². The highest BCUT2D eigenvalue weighted by Gasteiger charge is 2.11. The van der Waals surface area contributed by atoms with Crippen LogP contribution < -0.4 is 9.47 Å². The number of methoxy groups -OCH3 is 2. The van der Waals surface area contributed by atoms with Crippen LogP contribution in [0.1, 0.15) is 12.0 Å². The Morgan fingerprint density at radius 2 is 2.06 bits per heavy atom. The van der Waals surface area contributed by atoms with Crippen LogP contribution in [0.2, 0.25) is 0 Å². The molecule has 0 unspecified atom stereocenters. The zero-order chi connectivity index (χ0) is 13.4. The van der Waals surface area contributed by atoms with E-state index in [4.69, 9.17) is 19.3 Å². The van der Waals surface area contributed by atoms with E-state index >= 15 is 0 Å². The normalized spacial score (nSPS) is 9.94. The number of para-hydroxylation sites is 1. The first kappa shape index (κ1) is 14.3. The summed E-state index contributed by atoms with van der Waals surface area (Å²) < 4.78 is 15.2.